The van der Waals surface area contributed by atoms with Crippen molar-refractivity contribution in [1.82, 2.24) is 0 Å². The molecule has 0 aliphatic carbocycles. The fourth-order valence-electron chi connectivity index (χ4n) is 3.19. The number of anilines is 1. The molecule has 0 spiro atoms. The minimum atomic E-state index is -0.676. The van der Waals surface area contributed by atoms with Crippen LogP contribution in [0.15, 0.2) is 45.3 Å². The van der Waals surface area contributed by atoms with Crippen LogP contribution in [-0.4, -0.2) is 43.5 Å². The van der Waals surface area contributed by atoms with Gasteiger partial charge in [0.1, 0.15) is 24.1 Å². The second-order valence-corrected chi connectivity index (χ2v) is 8.68. The zero-order chi connectivity index (χ0) is 22.5. The second-order valence-electron chi connectivity index (χ2n) is 6.85. The van der Waals surface area contributed by atoms with Gasteiger partial charge in [0.25, 0.3) is 5.91 Å². The predicted octanol–water partition coefficient (Wildman–Crippen LogP) is 4.08. The Morgan fingerprint density at radius 3 is 2.42 bits per heavy atom. The topological polar surface area (TPSA) is 82.1 Å². The summed E-state index contributed by atoms with van der Waals surface area (Å²) in [6.45, 7) is 3.81. The lowest BCUT2D eigenvalue weighted by Crippen LogP contribution is -2.48. The molecule has 2 aromatic carbocycles. The van der Waals surface area contributed by atoms with Crippen molar-refractivity contribution in [3.05, 3.63) is 50.9 Å². The number of carbonyl (C=O) groups is 3. The summed E-state index contributed by atoms with van der Waals surface area (Å²) in [4.78, 5) is 36.2. The molecule has 2 aliphatic rings. The third kappa shape index (κ3) is 5.65. The number of hydrogen-bond acceptors (Lipinski definition) is 6. The minimum absolute atomic E-state index is 0.0711. The average molecular weight is 555 g/mol. The highest BCUT2D eigenvalue weighted by Crippen LogP contribution is 2.35. The van der Waals surface area contributed by atoms with Gasteiger partial charge in [-0.1, -0.05) is 31.9 Å². The number of carbonyl (C=O) groups excluding carboxylic acids is 3. The van der Waals surface area contributed by atoms with E-state index in [-0.39, 0.29) is 31.5 Å². The number of ketones is 1. The van der Waals surface area contributed by atoms with Crippen LogP contribution in [0.4, 0.5) is 5.69 Å². The Bertz CT molecular complexity index is 1010. The van der Waals surface area contributed by atoms with E-state index in [1.54, 1.807) is 26.0 Å². The first-order chi connectivity index (χ1) is 14.8. The normalized spacial score (nSPS) is 15.4. The Morgan fingerprint density at radius 2 is 1.71 bits per heavy atom. The largest absolute Gasteiger partial charge is 0.486 e. The molecule has 0 bridgehead atoms. The fraction of sp³-hybridized carbons (Fsp3) is 0.318. The summed E-state index contributed by atoms with van der Waals surface area (Å²) < 4.78 is 17.3. The van der Waals surface area contributed by atoms with Crippen molar-refractivity contribution in [1.29, 1.82) is 0 Å². The van der Waals surface area contributed by atoms with Gasteiger partial charge in [-0.05, 0) is 50.2 Å². The van der Waals surface area contributed by atoms with Crippen molar-refractivity contribution in [2.24, 2.45) is 0 Å². The van der Waals surface area contributed by atoms with E-state index in [1.165, 1.54) is 4.90 Å². The van der Waals surface area contributed by atoms with Gasteiger partial charge in [-0.2, -0.15) is 0 Å². The van der Waals surface area contributed by atoms with Gasteiger partial charge in [0.15, 0.2) is 12.4 Å². The number of benzene rings is 2. The number of rotatable bonds is 3. The van der Waals surface area contributed by atoms with Crippen molar-refractivity contribution in [2.45, 2.75) is 26.3 Å². The lowest BCUT2D eigenvalue weighted by Gasteiger charge is -2.32. The number of Topliss-reactive ketones (excluding diaryl/α,β-unsaturated/α-hetero) is 1. The first-order valence-electron chi connectivity index (χ1n) is 9.64. The molecule has 7 nitrogen and oxygen atoms in total. The Kier molecular flexibility index (Phi) is 7.72. The van der Waals surface area contributed by atoms with Crippen molar-refractivity contribution in [3.63, 3.8) is 0 Å². The molecule has 0 N–H and O–H groups in total. The first-order valence-corrected chi connectivity index (χ1v) is 11.2. The number of amides is 1. The van der Waals surface area contributed by atoms with Crippen LogP contribution in [0.3, 0.4) is 0 Å². The zero-order valence-electron chi connectivity index (χ0n) is 17.0. The molecule has 0 radical (unpaired) electrons. The molecular weight excluding hydrogens is 534 g/mol. The molecule has 0 saturated heterocycles. The molecule has 0 unspecified atom stereocenters. The lowest BCUT2D eigenvalue weighted by molar-refractivity contribution is -0.145. The molecule has 4 rings (SSSR count). The van der Waals surface area contributed by atoms with E-state index >= 15 is 0 Å². The summed E-state index contributed by atoms with van der Waals surface area (Å²) >= 11 is 6.69. The number of ether oxygens (including phenoxy) is 3. The maximum absolute atomic E-state index is 12.0. The van der Waals surface area contributed by atoms with Crippen LogP contribution in [0.25, 0.3) is 0 Å². The van der Waals surface area contributed by atoms with Crippen molar-refractivity contribution >= 4 is 55.2 Å². The quantitative estimate of drug-likeness (QED) is 0.532. The van der Waals surface area contributed by atoms with Crippen LogP contribution >= 0.6 is 31.9 Å². The predicted molar refractivity (Wildman–Crippen MR) is 122 cm³/mol. The monoisotopic (exact) mass is 553 g/mol. The molecular formula is C22H21Br2NO6. The van der Waals surface area contributed by atoms with Crippen molar-refractivity contribution in [3.8, 4) is 11.5 Å². The molecule has 2 aliphatic heterocycles. The second kappa shape index (κ2) is 10.3. The van der Waals surface area contributed by atoms with E-state index in [1.807, 2.05) is 24.3 Å². The van der Waals surface area contributed by atoms with E-state index in [4.69, 9.17) is 14.2 Å². The fourth-order valence-corrected chi connectivity index (χ4v) is 3.94. The number of hydrogen-bond donors (Lipinski definition) is 0. The van der Waals surface area contributed by atoms with Gasteiger partial charge in [-0.3, -0.25) is 14.5 Å². The highest BCUT2D eigenvalue weighted by Gasteiger charge is 2.33. The Balaban J connectivity index is 0.000000194. The molecule has 31 heavy (non-hydrogen) atoms. The van der Waals surface area contributed by atoms with Gasteiger partial charge < -0.3 is 14.2 Å². The maximum atomic E-state index is 12.0. The van der Waals surface area contributed by atoms with Gasteiger partial charge in [-0.25, -0.2) is 4.79 Å². The molecule has 2 heterocycles. The van der Waals surface area contributed by atoms with Gasteiger partial charge >= 0.3 is 5.97 Å². The Hall–Kier alpha value is -2.39. The molecule has 1 amide bonds. The van der Waals surface area contributed by atoms with Crippen LogP contribution in [-0.2, 0) is 25.5 Å². The molecule has 0 saturated carbocycles. The minimum Gasteiger partial charge on any atom is -0.486 e. The van der Waals surface area contributed by atoms with Crippen LogP contribution in [0.5, 0.6) is 11.5 Å². The standard InChI is InChI=1S/C13H14BrNO4.C9H7BrO2/c1-3-18-13(17)8(2)15-10-6-9(14)4-5-11(10)19-7-12(15)16;10-7-1-2-9-6(3-7)4-8(11)5-12-9/h4-6,8H,3,7H2,1-2H3;1-3H,4-5H2/t8-;/m1./s1. The number of fused-ring (bicyclic) bond motifs is 2. The third-order valence-electron chi connectivity index (χ3n) is 4.61. The van der Waals surface area contributed by atoms with Crippen LogP contribution in [0.2, 0.25) is 0 Å². The molecule has 164 valence electrons. The number of halogens is 2. The van der Waals surface area contributed by atoms with Crippen LogP contribution in [0, 0.1) is 0 Å². The molecule has 0 fully saturated rings. The molecule has 1 atom stereocenters. The summed E-state index contributed by atoms with van der Waals surface area (Å²) in [5, 5.41) is 0. The highest BCUT2D eigenvalue weighted by molar-refractivity contribution is 9.10. The van der Waals surface area contributed by atoms with E-state index in [9.17, 15) is 14.4 Å². The molecule has 2 aromatic rings. The van der Waals surface area contributed by atoms with Gasteiger partial charge in [0.05, 0.1) is 12.3 Å². The van der Waals surface area contributed by atoms with E-state index in [0.717, 1.165) is 20.3 Å². The Labute approximate surface area is 196 Å². The number of esters is 1. The SMILES string of the molecule is CCOC(=O)[C@@H](C)N1C(=O)COc2ccc(Br)cc21.O=C1COc2ccc(Br)cc2C1. The maximum Gasteiger partial charge on any atom is 0.328 e. The third-order valence-corrected chi connectivity index (χ3v) is 5.60. The van der Waals surface area contributed by atoms with Gasteiger partial charge in [0.2, 0.25) is 0 Å². The average Bonchev–Trinajstić information content (AvgIpc) is 2.73. The zero-order valence-corrected chi connectivity index (χ0v) is 20.2. The van der Waals surface area contributed by atoms with Crippen molar-refractivity contribution < 1.29 is 28.6 Å². The van der Waals surface area contributed by atoms with E-state index in [0.29, 0.717) is 17.9 Å². The first kappa shape index (κ1) is 23.3. The summed E-state index contributed by atoms with van der Waals surface area (Å²) in [5.74, 6) is 0.868. The van der Waals surface area contributed by atoms with Crippen LogP contribution < -0.4 is 14.4 Å². The number of nitrogens with zero attached hydrogens (tertiary/aromatic N) is 1. The summed E-state index contributed by atoms with van der Waals surface area (Å²) in [6.07, 6.45) is 0.495. The van der Waals surface area contributed by atoms with Crippen LogP contribution in [0.1, 0.15) is 19.4 Å². The summed E-state index contributed by atoms with van der Waals surface area (Å²) in [7, 11) is 0. The highest BCUT2D eigenvalue weighted by atomic mass is 79.9. The summed E-state index contributed by atoms with van der Waals surface area (Å²) in [6, 6.07) is 10.4. The van der Waals surface area contributed by atoms with E-state index in [2.05, 4.69) is 31.9 Å². The summed E-state index contributed by atoms with van der Waals surface area (Å²) in [5.41, 5.74) is 1.55. The molecule has 0 aromatic heterocycles. The van der Waals surface area contributed by atoms with Gasteiger partial charge in [-0.15, -0.1) is 0 Å². The molecule has 9 heteroatoms. The Morgan fingerprint density at radius 1 is 1.06 bits per heavy atom. The van der Waals surface area contributed by atoms with Gasteiger partial charge in [0, 0.05) is 20.9 Å². The smallest absolute Gasteiger partial charge is 0.328 e. The lowest BCUT2D eigenvalue weighted by atomic mass is 10.1. The van der Waals surface area contributed by atoms with Crippen molar-refractivity contribution in [2.75, 3.05) is 24.7 Å². The van der Waals surface area contributed by atoms with E-state index < -0.39 is 12.0 Å².